The first-order chi connectivity index (χ1) is 11.6. The topological polar surface area (TPSA) is 62.8 Å². The van der Waals surface area contributed by atoms with Gasteiger partial charge in [-0.25, -0.2) is 0 Å². The zero-order chi connectivity index (χ0) is 16.9. The van der Waals surface area contributed by atoms with Crippen LogP contribution in [0.3, 0.4) is 0 Å². The van der Waals surface area contributed by atoms with Crippen molar-refractivity contribution in [2.45, 2.75) is 25.1 Å². The Morgan fingerprint density at radius 3 is 2.81 bits per heavy atom. The second-order valence-electron chi connectivity index (χ2n) is 5.87. The summed E-state index contributed by atoms with van der Waals surface area (Å²) >= 11 is 0. The molecule has 0 spiro atoms. The van der Waals surface area contributed by atoms with Crippen LogP contribution in [0, 0.1) is 0 Å². The minimum atomic E-state index is -2.86. The SMILES string of the molecule is Cl.Cl.O=C(NC1CCN(c2ccccc2OC(F)F)C1)C1COCCN1. The van der Waals surface area contributed by atoms with Crippen LogP contribution in [0.2, 0.25) is 0 Å². The Labute approximate surface area is 163 Å². The molecule has 148 valence electrons. The molecule has 2 aliphatic rings. The highest BCUT2D eigenvalue weighted by Gasteiger charge is 2.29. The summed E-state index contributed by atoms with van der Waals surface area (Å²) in [6, 6.07) is 6.35. The number of benzene rings is 1. The van der Waals surface area contributed by atoms with Crippen LogP contribution >= 0.6 is 24.8 Å². The molecule has 2 fully saturated rings. The van der Waals surface area contributed by atoms with Crippen LogP contribution in [0.1, 0.15) is 6.42 Å². The summed E-state index contributed by atoms with van der Waals surface area (Å²) in [5, 5.41) is 6.11. The maximum absolute atomic E-state index is 12.5. The molecule has 2 saturated heterocycles. The fourth-order valence-corrected chi connectivity index (χ4v) is 3.05. The number of para-hydroxylation sites is 2. The first kappa shape index (κ1) is 22.7. The van der Waals surface area contributed by atoms with Gasteiger partial charge in [0, 0.05) is 25.7 Å². The van der Waals surface area contributed by atoms with E-state index in [1.54, 1.807) is 18.2 Å². The number of morpholine rings is 1. The monoisotopic (exact) mass is 413 g/mol. The number of nitrogens with one attached hydrogen (secondary N) is 2. The summed E-state index contributed by atoms with van der Waals surface area (Å²) in [5.74, 6) is 0.0699. The third kappa shape index (κ3) is 5.84. The lowest BCUT2D eigenvalue weighted by Crippen LogP contribution is -2.53. The summed E-state index contributed by atoms with van der Waals surface area (Å²) in [6.45, 7) is 0.00998. The Balaban J connectivity index is 0.00000169. The Bertz CT molecular complexity index is 577. The van der Waals surface area contributed by atoms with Crippen LogP contribution in [0.25, 0.3) is 0 Å². The van der Waals surface area contributed by atoms with E-state index >= 15 is 0 Å². The molecule has 0 saturated carbocycles. The Morgan fingerprint density at radius 2 is 2.12 bits per heavy atom. The van der Waals surface area contributed by atoms with E-state index in [0.717, 1.165) is 6.42 Å². The van der Waals surface area contributed by atoms with E-state index in [9.17, 15) is 13.6 Å². The van der Waals surface area contributed by atoms with Gasteiger partial charge in [-0.3, -0.25) is 4.79 Å². The summed E-state index contributed by atoms with van der Waals surface area (Å²) < 4.78 is 34.9. The smallest absolute Gasteiger partial charge is 0.387 e. The number of carbonyl (C=O) groups excluding carboxylic acids is 1. The van der Waals surface area contributed by atoms with Gasteiger partial charge in [-0.05, 0) is 18.6 Å². The van der Waals surface area contributed by atoms with Crippen molar-refractivity contribution in [2.75, 3.05) is 37.7 Å². The molecule has 2 unspecified atom stereocenters. The minimum absolute atomic E-state index is 0. The fraction of sp³-hybridized carbons (Fsp3) is 0.562. The lowest BCUT2D eigenvalue weighted by Gasteiger charge is -2.25. The number of alkyl halides is 2. The maximum Gasteiger partial charge on any atom is 0.387 e. The van der Waals surface area contributed by atoms with Crippen LogP contribution in [0.5, 0.6) is 5.75 Å². The van der Waals surface area contributed by atoms with Crippen molar-refractivity contribution >= 4 is 36.4 Å². The summed E-state index contributed by atoms with van der Waals surface area (Å²) in [5.41, 5.74) is 0.619. The van der Waals surface area contributed by atoms with Crippen molar-refractivity contribution in [1.82, 2.24) is 10.6 Å². The third-order valence-corrected chi connectivity index (χ3v) is 4.19. The number of nitrogens with zero attached hydrogens (tertiary/aromatic N) is 1. The molecule has 26 heavy (non-hydrogen) atoms. The normalized spacial score (nSPS) is 22.3. The van der Waals surface area contributed by atoms with Crippen LogP contribution < -0.4 is 20.3 Å². The second kappa shape index (κ2) is 10.7. The number of anilines is 1. The quantitative estimate of drug-likeness (QED) is 0.770. The van der Waals surface area contributed by atoms with Gasteiger partial charge in [0.25, 0.3) is 0 Å². The second-order valence-corrected chi connectivity index (χ2v) is 5.87. The minimum Gasteiger partial charge on any atom is -0.433 e. The van der Waals surface area contributed by atoms with Gasteiger partial charge in [-0.2, -0.15) is 8.78 Å². The summed E-state index contributed by atoms with van der Waals surface area (Å²) in [7, 11) is 0. The van der Waals surface area contributed by atoms with Gasteiger partial charge in [-0.15, -0.1) is 24.8 Å². The molecule has 6 nitrogen and oxygen atoms in total. The van der Waals surface area contributed by atoms with E-state index in [4.69, 9.17) is 4.74 Å². The third-order valence-electron chi connectivity index (χ3n) is 4.19. The van der Waals surface area contributed by atoms with Gasteiger partial charge in [-0.1, -0.05) is 12.1 Å². The average molecular weight is 414 g/mol. The number of rotatable bonds is 5. The Morgan fingerprint density at radius 1 is 1.35 bits per heavy atom. The summed E-state index contributed by atoms with van der Waals surface area (Å²) in [6.07, 6.45) is 0.752. The number of halogens is 4. The van der Waals surface area contributed by atoms with Gasteiger partial charge in [0.15, 0.2) is 0 Å². The van der Waals surface area contributed by atoms with Crippen LogP contribution in [0.15, 0.2) is 24.3 Å². The molecule has 2 heterocycles. The van der Waals surface area contributed by atoms with E-state index in [0.29, 0.717) is 38.5 Å². The largest absolute Gasteiger partial charge is 0.433 e. The van der Waals surface area contributed by atoms with E-state index in [-0.39, 0.29) is 48.6 Å². The van der Waals surface area contributed by atoms with Gasteiger partial charge in [0.1, 0.15) is 11.8 Å². The first-order valence-corrected chi connectivity index (χ1v) is 8.04. The number of carbonyl (C=O) groups is 1. The Kier molecular flexibility index (Phi) is 9.35. The molecule has 2 atom stereocenters. The van der Waals surface area contributed by atoms with Gasteiger partial charge in [0.05, 0.1) is 18.9 Å². The van der Waals surface area contributed by atoms with E-state index in [1.165, 1.54) is 6.07 Å². The summed E-state index contributed by atoms with van der Waals surface area (Å²) in [4.78, 5) is 14.2. The first-order valence-electron chi connectivity index (χ1n) is 8.04. The molecule has 10 heteroatoms. The zero-order valence-electron chi connectivity index (χ0n) is 14.0. The molecule has 1 aromatic carbocycles. The highest BCUT2D eigenvalue weighted by atomic mass is 35.5. The standard InChI is InChI=1S/C16H21F2N3O3.2ClH/c17-16(18)24-14-4-2-1-3-13(14)21-7-5-11(9-21)20-15(22)12-10-23-8-6-19-12;;/h1-4,11-12,16,19H,5-10H2,(H,20,22);2*1H. The molecule has 2 aliphatic heterocycles. The number of hydrogen-bond acceptors (Lipinski definition) is 5. The van der Waals surface area contributed by atoms with Crippen molar-refractivity contribution in [2.24, 2.45) is 0 Å². The van der Waals surface area contributed by atoms with Crippen LogP contribution in [-0.4, -0.2) is 57.5 Å². The predicted octanol–water partition coefficient (Wildman–Crippen LogP) is 1.81. The zero-order valence-corrected chi connectivity index (χ0v) is 15.7. The molecule has 0 bridgehead atoms. The van der Waals surface area contributed by atoms with Gasteiger partial charge < -0.3 is 25.0 Å². The molecule has 1 aromatic rings. The molecule has 0 radical (unpaired) electrons. The van der Waals surface area contributed by atoms with Crippen molar-refractivity contribution in [1.29, 1.82) is 0 Å². The van der Waals surface area contributed by atoms with Crippen LogP contribution in [-0.2, 0) is 9.53 Å². The van der Waals surface area contributed by atoms with E-state index in [1.807, 2.05) is 4.90 Å². The predicted molar refractivity (Wildman–Crippen MR) is 98.9 cm³/mol. The molecule has 3 rings (SSSR count). The highest BCUT2D eigenvalue weighted by molar-refractivity contribution is 5.85. The lowest BCUT2D eigenvalue weighted by atomic mass is 10.2. The van der Waals surface area contributed by atoms with Crippen molar-refractivity contribution in [3.8, 4) is 5.75 Å². The lowest BCUT2D eigenvalue weighted by molar-refractivity contribution is -0.126. The van der Waals surface area contributed by atoms with Gasteiger partial charge >= 0.3 is 6.61 Å². The van der Waals surface area contributed by atoms with E-state index < -0.39 is 6.61 Å². The average Bonchev–Trinajstić information content (AvgIpc) is 3.04. The molecule has 1 amide bonds. The Hall–Kier alpha value is -1.35. The van der Waals surface area contributed by atoms with E-state index in [2.05, 4.69) is 15.4 Å². The molecular weight excluding hydrogens is 391 g/mol. The van der Waals surface area contributed by atoms with Crippen molar-refractivity contribution in [3.63, 3.8) is 0 Å². The number of hydrogen-bond donors (Lipinski definition) is 2. The number of ether oxygens (including phenoxy) is 2. The van der Waals surface area contributed by atoms with Crippen molar-refractivity contribution < 1.29 is 23.0 Å². The molecule has 0 aliphatic carbocycles. The van der Waals surface area contributed by atoms with Crippen molar-refractivity contribution in [3.05, 3.63) is 24.3 Å². The number of amides is 1. The highest BCUT2D eigenvalue weighted by Crippen LogP contribution is 2.31. The fourth-order valence-electron chi connectivity index (χ4n) is 3.05. The van der Waals surface area contributed by atoms with Gasteiger partial charge in [0.2, 0.25) is 5.91 Å². The molecular formula is C16H23Cl2F2N3O3. The molecule has 0 aromatic heterocycles. The maximum atomic E-state index is 12.5. The molecule has 2 N–H and O–H groups in total. The van der Waals surface area contributed by atoms with Crippen LogP contribution in [0.4, 0.5) is 14.5 Å².